The van der Waals surface area contributed by atoms with Gasteiger partial charge in [0.15, 0.2) is 0 Å². The van der Waals surface area contributed by atoms with Crippen LogP contribution in [0.1, 0.15) is 62.5 Å². The Morgan fingerprint density at radius 3 is 1.60 bits per heavy atom. The van der Waals surface area contributed by atoms with Crippen LogP contribution in [-0.4, -0.2) is 109 Å². The van der Waals surface area contributed by atoms with Gasteiger partial charge in [-0.1, -0.05) is 23.3 Å². The molecule has 12 aliphatic rings. The Kier molecular flexibility index (Phi) is 6.50. The molecule has 2 spiro atoms. The van der Waals surface area contributed by atoms with Crippen molar-refractivity contribution in [1.29, 1.82) is 0 Å². The van der Waals surface area contributed by atoms with Crippen LogP contribution in [0.4, 0.5) is 22.7 Å². The molecule has 298 valence electrons. The van der Waals surface area contributed by atoms with Gasteiger partial charge in [-0.2, -0.15) is 0 Å². The van der Waals surface area contributed by atoms with Crippen LogP contribution in [0.2, 0.25) is 0 Å². The monoisotopic (exact) mass is 780 g/mol. The zero-order chi connectivity index (χ0) is 38.4. The number of ether oxygens (including phenoxy) is 2. The minimum atomic E-state index is -0.210. The first-order valence-electron chi connectivity index (χ1n) is 21.9. The van der Waals surface area contributed by atoms with Crippen molar-refractivity contribution in [2.45, 2.75) is 98.6 Å². The molecule has 0 aromatic heterocycles. The molecule has 12 heteroatoms. The Labute approximate surface area is 336 Å². The Balaban J connectivity index is 0.705. The second kappa shape index (κ2) is 11.3. The number of nitrogens with one attached hydrogen (secondary N) is 2. The van der Waals surface area contributed by atoms with Crippen LogP contribution < -0.4 is 20.4 Å². The SMILES string of the molecule is O=C(CCC(=O)Nc1ccc2c(c1)[C@@]13CCN4CC5=CCO[C@H]6CC(=O)N2[C@H]1[C@H]6[C@H]5C[C@H]43)Nc1ccc2c(c1)[C@@]13CCN4CC5=CCO[C@H]6CC(=O)N2[C@H]1[C@H]6[C@H]5C[C@H]43. The third-order valence-corrected chi connectivity index (χ3v) is 17.8. The molecular formula is C46H48N6O6. The summed E-state index contributed by atoms with van der Waals surface area (Å²) in [6.07, 6.45) is 9.58. The number of benzene rings is 2. The summed E-state index contributed by atoms with van der Waals surface area (Å²) in [6, 6.07) is 13.0. The van der Waals surface area contributed by atoms with Crippen molar-refractivity contribution < 1.29 is 28.7 Å². The maximum atomic E-state index is 13.9. The fourth-order valence-electron chi connectivity index (χ4n) is 15.9. The van der Waals surface area contributed by atoms with Gasteiger partial charge in [0.25, 0.3) is 0 Å². The summed E-state index contributed by atoms with van der Waals surface area (Å²) in [4.78, 5) is 64.3. The minimum absolute atomic E-state index is 0.0478. The quantitative estimate of drug-likeness (QED) is 0.439. The highest BCUT2D eigenvalue weighted by Crippen LogP contribution is 2.68. The van der Waals surface area contributed by atoms with Crippen molar-refractivity contribution in [1.82, 2.24) is 9.80 Å². The number of carbonyl (C=O) groups excluding carboxylic acids is 4. The first kappa shape index (κ1) is 33.5. The topological polar surface area (TPSA) is 124 Å². The van der Waals surface area contributed by atoms with Gasteiger partial charge in [-0.15, -0.1) is 0 Å². The zero-order valence-corrected chi connectivity index (χ0v) is 32.5. The van der Waals surface area contributed by atoms with Crippen LogP contribution in [0.25, 0.3) is 0 Å². The molecular weight excluding hydrogens is 733 g/mol. The maximum Gasteiger partial charge on any atom is 0.229 e. The summed E-state index contributed by atoms with van der Waals surface area (Å²) < 4.78 is 12.8. The van der Waals surface area contributed by atoms with E-state index in [9.17, 15) is 19.2 Å². The van der Waals surface area contributed by atoms with Crippen molar-refractivity contribution >= 4 is 46.4 Å². The standard InChI is InChI=1S/C46H48N6O6/c53-37(47-25-1-3-31-29(15-25)45-9-11-49-21-23-7-13-57-33-19-39(55)51(31)43(45)41(33)27(23)17-35(45)49)5-6-38(54)48-26-2-4-32-30(16-26)46-10-12-50-22-24-8-14-58-34-20-40(56)52(32)44(46)42(34)28(24)18-36(46)50/h1-4,7-8,15-16,27-28,33-36,41-44H,5-6,9-14,17-22H2,(H,47,53)(H,48,54)/t27-,28-,33-,34-,35-,36-,41-,42-,43-,44-,45+,46+/m0/s1. The number of amides is 4. The van der Waals surface area contributed by atoms with Crippen molar-refractivity contribution in [3.8, 4) is 0 Å². The number of hydrogen-bond donors (Lipinski definition) is 2. The summed E-state index contributed by atoms with van der Waals surface area (Å²) in [5, 5.41) is 6.25. The average Bonchev–Trinajstić information content (AvgIpc) is 3.89. The molecule has 6 saturated heterocycles. The molecule has 2 aliphatic carbocycles. The summed E-state index contributed by atoms with van der Waals surface area (Å²) in [7, 11) is 0. The average molecular weight is 781 g/mol. The van der Waals surface area contributed by atoms with Gasteiger partial charge in [-0.3, -0.25) is 29.0 Å². The second-order valence-corrected chi connectivity index (χ2v) is 19.6. The maximum absolute atomic E-state index is 13.9. The third kappa shape index (κ3) is 3.97. The normalized spacial score (nSPS) is 41.3. The van der Waals surface area contributed by atoms with E-state index >= 15 is 0 Å². The van der Waals surface area contributed by atoms with E-state index in [2.05, 4.69) is 54.5 Å². The summed E-state index contributed by atoms with van der Waals surface area (Å²) in [5.74, 6) is 1.32. The first-order chi connectivity index (χ1) is 28.3. The molecule has 14 rings (SSSR count). The van der Waals surface area contributed by atoms with Crippen molar-refractivity contribution in [2.75, 3.05) is 59.8 Å². The van der Waals surface area contributed by atoms with E-state index in [4.69, 9.17) is 9.47 Å². The molecule has 8 fully saturated rings. The van der Waals surface area contributed by atoms with E-state index < -0.39 is 0 Å². The van der Waals surface area contributed by atoms with Crippen molar-refractivity contribution in [2.24, 2.45) is 23.7 Å². The summed E-state index contributed by atoms with van der Waals surface area (Å²) in [5.41, 5.74) is 8.42. The van der Waals surface area contributed by atoms with Crippen molar-refractivity contribution in [3.05, 3.63) is 70.8 Å². The molecule has 2 aromatic carbocycles. The lowest BCUT2D eigenvalue weighted by molar-refractivity contribution is -0.133. The molecule has 0 radical (unpaired) electrons. The Morgan fingerprint density at radius 2 is 1.14 bits per heavy atom. The van der Waals surface area contributed by atoms with Gasteiger partial charge in [0, 0.05) is 83.4 Å². The van der Waals surface area contributed by atoms with Gasteiger partial charge in [0.2, 0.25) is 23.6 Å². The molecule has 12 atom stereocenters. The molecule has 10 aliphatic heterocycles. The lowest BCUT2D eigenvalue weighted by Crippen LogP contribution is -2.69. The fourth-order valence-corrected chi connectivity index (χ4v) is 15.9. The van der Waals surface area contributed by atoms with Crippen LogP contribution in [0.5, 0.6) is 0 Å². The van der Waals surface area contributed by atoms with E-state index in [1.165, 1.54) is 22.3 Å². The molecule has 12 nitrogen and oxygen atoms in total. The smallest absolute Gasteiger partial charge is 0.229 e. The van der Waals surface area contributed by atoms with Gasteiger partial charge in [0.05, 0.1) is 50.3 Å². The van der Waals surface area contributed by atoms with E-state index in [0.717, 1.165) is 63.2 Å². The molecule has 2 aromatic rings. The number of fused-ring (bicyclic) bond motifs is 4. The minimum Gasteiger partial charge on any atom is -0.373 e. The van der Waals surface area contributed by atoms with Crippen LogP contribution in [0, 0.1) is 23.7 Å². The molecule has 4 amide bonds. The predicted octanol–water partition coefficient (Wildman–Crippen LogP) is 3.86. The summed E-state index contributed by atoms with van der Waals surface area (Å²) >= 11 is 0. The number of hydrogen-bond acceptors (Lipinski definition) is 8. The lowest BCUT2D eigenvalue weighted by atomic mass is 9.53. The number of anilines is 4. The molecule has 4 bridgehead atoms. The van der Waals surface area contributed by atoms with Gasteiger partial charge < -0.3 is 29.9 Å². The zero-order valence-electron chi connectivity index (χ0n) is 32.5. The first-order valence-corrected chi connectivity index (χ1v) is 21.9. The van der Waals surface area contributed by atoms with E-state index in [1.54, 1.807) is 0 Å². The van der Waals surface area contributed by atoms with Gasteiger partial charge >= 0.3 is 0 Å². The highest BCUT2D eigenvalue weighted by atomic mass is 16.5. The van der Waals surface area contributed by atoms with E-state index in [0.29, 0.717) is 61.3 Å². The van der Waals surface area contributed by atoms with E-state index in [-0.39, 0.29) is 83.4 Å². The van der Waals surface area contributed by atoms with Crippen LogP contribution in [0.3, 0.4) is 0 Å². The van der Waals surface area contributed by atoms with Crippen LogP contribution in [-0.2, 0) is 39.5 Å². The van der Waals surface area contributed by atoms with Crippen LogP contribution in [0.15, 0.2) is 59.7 Å². The molecule has 0 unspecified atom stereocenters. The Bertz CT molecular complexity index is 2200. The Morgan fingerprint density at radius 1 is 0.672 bits per heavy atom. The highest BCUT2D eigenvalue weighted by Gasteiger charge is 2.72. The molecule has 10 heterocycles. The molecule has 58 heavy (non-hydrogen) atoms. The van der Waals surface area contributed by atoms with E-state index in [1.807, 2.05) is 24.3 Å². The van der Waals surface area contributed by atoms with Crippen LogP contribution >= 0.6 is 0 Å². The summed E-state index contributed by atoms with van der Waals surface area (Å²) in [6.45, 7) is 5.16. The third-order valence-electron chi connectivity index (χ3n) is 17.8. The number of carbonyl (C=O) groups is 4. The number of nitrogens with zero attached hydrogens (tertiary/aromatic N) is 4. The lowest BCUT2D eigenvalue weighted by Gasteiger charge is -2.58. The van der Waals surface area contributed by atoms with Crippen molar-refractivity contribution in [3.63, 3.8) is 0 Å². The molecule has 2 N–H and O–H groups in total. The second-order valence-electron chi connectivity index (χ2n) is 19.6. The Hall–Kier alpha value is -4.36. The fraction of sp³-hybridized carbons (Fsp3) is 0.565. The number of rotatable bonds is 5. The number of piperidine rings is 4. The molecule has 2 saturated carbocycles. The van der Waals surface area contributed by atoms with Gasteiger partial charge in [0.1, 0.15) is 0 Å². The predicted molar refractivity (Wildman–Crippen MR) is 213 cm³/mol. The van der Waals surface area contributed by atoms with Gasteiger partial charge in [-0.25, -0.2) is 0 Å². The van der Waals surface area contributed by atoms with Gasteiger partial charge in [-0.05, 0) is 98.1 Å². The largest absolute Gasteiger partial charge is 0.373 e. The highest BCUT2D eigenvalue weighted by molar-refractivity contribution is 6.02.